The highest BCUT2D eigenvalue weighted by Gasteiger charge is 2.30. The Kier molecular flexibility index (Phi) is 4.19. The second-order valence-electron chi connectivity index (χ2n) is 4.05. The first-order chi connectivity index (χ1) is 7.49. The lowest BCUT2D eigenvalue weighted by Gasteiger charge is -2.28. The van der Waals surface area contributed by atoms with Crippen LogP contribution >= 0.6 is 11.6 Å². The summed E-state index contributed by atoms with van der Waals surface area (Å²) in [7, 11) is 0. The standard InChI is InChI=1S/C12H17ClN2O/c1-3-8-12(2,11(14)16)15-10-7-5-4-6-9(10)13/h4-7,15H,3,8H2,1-2H3,(H2,14,16). The molecule has 1 aromatic carbocycles. The summed E-state index contributed by atoms with van der Waals surface area (Å²) in [6.07, 6.45) is 1.55. The molecule has 0 spiro atoms. The number of benzene rings is 1. The van der Waals surface area contributed by atoms with Gasteiger partial charge >= 0.3 is 0 Å². The minimum atomic E-state index is -0.750. The van der Waals surface area contributed by atoms with Crippen molar-refractivity contribution in [2.45, 2.75) is 32.2 Å². The lowest BCUT2D eigenvalue weighted by Crippen LogP contribution is -2.47. The van der Waals surface area contributed by atoms with E-state index in [9.17, 15) is 4.79 Å². The summed E-state index contributed by atoms with van der Waals surface area (Å²) in [5.74, 6) is -0.366. The maximum absolute atomic E-state index is 11.4. The fourth-order valence-electron chi connectivity index (χ4n) is 1.61. The second-order valence-corrected chi connectivity index (χ2v) is 4.46. The van der Waals surface area contributed by atoms with Gasteiger partial charge in [-0.25, -0.2) is 0 Å². The maximum Gasteiger partial charge on any atom is 0.242 e. The molecular formula is C12H17ClN2O. The van der Waals surface area contributed by atoms with Crippen LogP contribution in [0.4, 0.5) is 5.69 Å². The highest BCUT2D eigenvalue weighted by molar-refractivity contribution is 6.33. The molecule has 4 heteroatoms. The number of nitrogens with two attached hydrogens (primary N) is 1. The number of halogens is 1. The van der Waals surface area contributed by atoms with Gasteiger partial charge < -0.3 is 11.1 Å². The Labute approximate surface area is 101 Å². The molecule has 1 amide bonds. The molecule has 1 unspecified atom stereocenters. The molecule has 88 valence electrons. The lowest BCUT2D eigenvalue weighted by atomic mass is 9.95. The number of para-hydroxylation sites is 1. The van der Waals surface area contributed by atoms with Gasteiger partial charge in [-0.15, -0.1) is 0 Å². The molecule has 0 saturated heterocycles. The van der Waals surface area contributed by atoms with Gasteiger partial charge in [0.2, 0.25) is 5.91 Å². The Hall–Kier alpha value is -1.22. The molecule has 0 aliphatic heterocycles. The van der Waals surface area contributed by atoms with E-state index < -0.39 is 5.54 Å². The molecule has 1 aromatic rings. The van der Waals surface area contributed by atoms with Crippen LogP contribution in [0, 0.1) is 0 Å². The van der Waals surface area contributed by atoms with E-state index in [1.165, 1.54) is 0 Å². The molecule has 3 nitrogen and oxygen atoms in total. The Bertz CT molecular complexity index is 381. The van der Waals surface area contributed by atoms with Crippen molar-refractivity contribution < 1.29 is 4.79 Å². The van der Waals surface area contributed by atoms with Gasteiger partial charge in [-0.05, 0) is 25.5 Å². The van der Waals surface area contributed by atoms with Crippen molar-refractivity contribution in [2.75, 3.05) is 5.32 Å². The van der Waals surface area contributed by atoms with Gasteiger partial charge in [0, 0.05) is 0 Å². The van der Waals surface area contributed by atoms with Crippen LogP contribution in [0.3, 0.4) is 0 Å². The number of anilines is 1. The van der Waals surface area contributed by atoms with Crippen molar-refractivity contribution in [3.8, 4) is 0 Å². The summed E-state index contributed by atoms with van der Waals surface area (Å²) in [5.41, 5.74) is 5.40. The monoisotopic (exact) mass is 240 g/mol. The van der Waals surface area contributed by atoms with Crippen LogP contribution in [0.2, 0.25) is 5.02 Å². The van der Waals surface area contributed by atoms with Crippen molar-refractivity contribution in [3.05, 3.63) is 29.3 Å². The van der Waals surface area contributed by atoms with Crippen LogP contribution in [-0.4, -0.2) is 11.4 Å². The molecule has 0 bridgehead atoms. The molecular weight excluding hydrogens is 224 g/mol. The SMILES string of the molecule is CCCC(C)(Nc1ccccc1Cl)C(N)=O. The van der Waals surface area contributed by atoms with Gasteiger partial charge in [0.05, 0.1) is 10.7 Å². The molecule has 0 aliphatic rings. The van der Waals surface area contributed by atoms with Crippen LogP contribution in [0.5, 0.6) is 0 Å². The minimum absolute atomic E-state index is 0.366. The van der Waals surface area contributed by atoms with E-state index in [1.54, 1.807) is 13.0 Å². The Morgan fingerprint density at radius 1 is 1.50 bits per heavy atom. The lowest BCUT2D eigenvalue weighted by molar-refractivity contribution is -0.122. The van der Waals surface area contributed by atoms with E-state index in [1.807, 2.05) is 25.1 Å². The summed E-state index contributed by atoms with van der Waals surface area (Å²) >= 11 is 6.02. The summed E-state index contributed by atoms with van der Waals surface area (Å²) < 4.78 is 0. The highest BCUT2D eigenvalue weighted by Crippen LogP contribution is 2.26. The smallest absolute Gasteiger partial charge is 0.242 e. The molecule has 16 heavy (non-hydrogen) atoms. The summed E-state index contributed by atoms with van der Waals surface area (Å²) in [6.45, 7) is 3.80. The van der Waals surface area contributed by atoms with Crippen LogP contribution in [-0.2, 0) is 4.79 Å². The molecule has 3 N–H and O–H groups in total. The van der Waals surface area contributed by atoms with Gasteiger partial charge in [-0.1, -0.05) is 37.1 Å². The fraction of sp³-hybridized carbons (Fsp3) is 0.417. The number of hydrogen-bond acceptors (Lipinski definition) is 2. The van der Waals surface area contributed by atoms with Crippen LogP contribution < -0.4 is 11.1 Å². The van der Waals surface area contributed by atoms with Crippen molar-refractivity contribution in [1.82, 2.24) is 0 Å². The second kappa shape index (κ2) is 5.21. The van der Waals surface area contributed by atoms with Crippen molar-refractivity contribution >= 4 is 23.2 Å². The van der Waals surface area contributed by atoms with Crippen molar-refractivity contribution in [3.63, 3.8) is 0 Å². The molecule has 1 atom stereocenters. The van der Waals surface area contributed by atoms with E-state index in [4.69, 9.17) is 17.3 Å². The van der Waals surface area contributed by atoms with Crippen LogP contribution in [0.25, 0.3) is 0 Å². The first-order valence-electron chi connectivity index (χ1n) is 5.32. The molecule has 0 fully saturated rings. The van der Waals surface area contributed by atoms with Gasteiger partial charge in [-0.2, -0.15) is 0 Å². The predicted octanol–water partition coefficient (Wildman–Crippen LogP) is 2.80. The third-order valence-corrected chi connectivity index (χ3v) is 2.91. The van der Waals surface area contributed by atoms with E-state index >= 15 is 0 Å². The highest BCUT2D eigenvalue weighted by atomic mass is 35.5. The Morgan fingerprint density at radius 2 is 2.12 bits per heavy atom. The molecule has 1 rings (SSSR count). The summed E-state index contributed by atoms with van der Waals surface area (Å²) in [4.78, 5) is 11.4. The third kappa shape index (κ3) is 2.89. The molecule has 0 radical (unpaired) electrons. The first kappa shape index (κ1) is 12.8. The quantitative estimate of drug-likeness (QED) is 0.832. The number of rotatable bonds is 5. The van der Waals surface area contributed by atoms with Crippen molar-refractivity contribution in [1.29, 1.82) is 0 Å². The Morgan fingerprint density at radius 3 is 2.62 bits per heavy atom. The minimum Gasteiger partial charge on any atom is -0.370 e. The Balaban J connectivity index is 2.92. The van der Waals surface area contributed by atoms with Gasteiger partial charge in [0.1, 0.15) is 5.54 Å². The number of primary amides is 1. The zero-order valence-corrected chi connectivity index (χ0v) is 10.3. The zero-order chi connectivity index (χ0) is 12.2. The fourth-order valence-corrected chi connectivity index (χ4v) is 1.79. The number of amides is 1. The number of carbonyl (C=O) groups is 1. The topological polar surface area (TPSA) is 55.1 Å². The average Bonchev–Trinajstić information content (AvgIpc) is 2.21. The average molecular weight is 241 g/mol. The maximum atomic E-state index is 11.4. The number of carbonyl (C=O) groups excluding carboxylic acids is 1. The van der Waals surface area contributed by atoms with E-state index in [0.717, 1.165) is 12.1 Å². The van der Waals surface area contributed by atoms with Crippen LogP contribution in [0.15, 0.2) is 24.3 Å². The first-order valence-corrected chi connectivity index (χ1v) is 5.70. The van der Waals surface area contributed by atoms with E-state index in [0.29, 0.717) is 11.4 Å². The summed E-state index contributed by atoms with van der Waals surface area (Å²) in [6, 6.07) is 7.31. The van der Waals surface area contributed by atoms with Crippen LogP contribution in [0.1, 0.15) is 26.7 Å². The molecule has 0 saturated carbocycles. The van der Waals surface area contributed by atoms with E-state index in [2.05, 4.69) is 5.32 Å². The van der Waals surface area contributed by atoms with Gasteiger partial charge in [0.25, 0.3) is 0 Å². The number of nitrogens with one attached hydrogen (secondary N) is 1. The predicted molar refractivity (Wildman–Crippen MR) is 67.6 cm³/mol. The van der Waals surface area contributed by atoms with Crippen molar-refractivity contribution in [2.24, 2.45) is 5.73 Å². The largest absolute Gasteiger partial charge is 0.370 e. The molecule has 0 aromatic heterocycles. The van der Waals surface area contributed by atoms with Gasteiger partial charge in [-0.3, -0.25) is 4.79 Å². The van der Waals surface area contributed by atoms with Gasteiger partial charge in [0.15, 0.2) is 0 Å². The normalized spacial score (nSPS) is 14.2. The summed E-state index contributed by atoms with van der Waals surface area (Å²) in [5, 5.41) is 3.71. The molecule has 0 aliphatic carbocycles. The number of hydrogen-bond donors (Lipinski definition) is 2. The third-order valence-electron chi connectivity index (χ3n) is 2.58. The zero-order valence-electron chi connectivity index (χ0n) is 9.59. The van der Waals surface area contributed by atoms with E-state index in [-0.39, 0.29) is 5.91 Å². The molecule has 0 heterocycles.